The first kappa shape index (κ1) is 19.0. The Morgan fingerprint density at radius 2 is 2.00 bits per heavy atom. The average molecular weight is 347 g/mol. The molecule has 0 aliphatic carbocycles. The number of hydrogen-bond donors (Lipinski definition) is 2. The van der Waals surface area contributed by atoms with Crippen molar-refractivity contribution in [1.82, 2.24) is 4.90 Å². The van der Waals surface area contributed by atoms with E-state index in [4.69, 9.17) is 15.5 Å². The summed E-state index contributed by atoms with van der Waals surface area (Å²) in [5.41, 5.74) is 5.01. The van der Waals surface area contributed by atoms with E-state index in [2.05, 4.69) is 0 Å². The van der Waals surface area contributed by atoms with Gasteiger partial charge in [-0.05, 0) is 12.1 Å². The summed E-state index contributed by atoms with van der Waals surface area (Å²) in [7, 11) is -4.00. The van der Waals surface area contributed by atoms with Crippen LogP contribution in [0.25, 0.3) is 0 Å². The number of benzene rings is 1. The van der Waals surface area contributed by atoms with Crippen LogP contribution in [-0.4, -0.2) is 48.8 Å². The summed E-state index contributed by atoms with van der Waals surface area (Å²) < 4.78 is 54.7. The molecule has 2 rings (SSSR count). The van der Waals surface area contributed by atoms with Gasteiger partial charge in [-0.2, -0.15) is 13.7 Å². The summed E-state index contributed by atoms with van der Waals surface area (Å²) in [6.45, 7) is -1.03. The zero-order valence-corrected chi connectivity index (χ0v) is 12.7. The number of amides is 1. The molecule has 1 atom stereocenters. The predicted molar refractivity (Wildman–Crippen MR) is 76.0 cm³/mol. The molecular weight excluding hydrogens is 332 g/mol. The van der Waals surface area contributed by atoms with Gasteiger partial charge in [-0.25, -0.2) is 8.78 Å². The van der Waals surface area contributed by atoms with Crippen LogP contribution in [0, 0.1) is 11.3 Å². The number of nitrogens with two attached hydrogens (primary N) is 1. The molecule has 3 N–H and O–H groups in total. The van der Waals surface area contributed by atoms with Crippen LogP contribution in [0.4, 0.5) is 8.78 Å². The van der Waals surface area contributed by atoms with Gasteiger partial charge in [0.25, 0.3) is 16.0 Å². The highest BCUT2D eigenvalue weighted by Crippen LogP contribution is 2.31. The first-order chi connectivity index (χ1) is 10.6. The number of nitriles is 1. The van der Waals surface area contributed by atoms with E-state index in [0.29, 0.717) is 0 Å². The van der Waals surface area contributed by atoms with Gasteiger partial charge in [-0.15, -0.1) is 0 Å². The molecule has 0 aromatic heterocycles. The van der Waals surface area contributed by atoms with Crippen molar-refractivity contribution in [3.63, 3.8) is 0 Å². The van der Waals surface area contributed by atoms with Gasteiger partial charge in [0.2, 0.25) is 5.91 Å². The monoisotopic (exact) mass is 347 g/mol. The van der Waals surface area contributed by atoms with Gasteiger partial charge in [0.15, 0.2) is 0 Å². The van der Waals surface area contributed by atoms with Crippen molar-refractivity contribution >= 4 is 16.0 Å². The molecule has 0 saturated carbocycles. The Labute approximate surface area is 132 Å². The Kier molecular flexibility index (Phi) is 6.14. The van der Waals surface area contributed by atoms with E-state index < -0.39 is 41.0 Å². The third-order valence-electron chi connectivity index (χ3n) is 2.95. The summed E-state index contributed by atoms with van der Waals surface area (Å²) in [5.74, 6) is -3.56. The third-order valence-corrected chi connectivity index (χ3v) is 3.82. The van der Waals surface area contributed by atoms with E-state index >= 15 is 0 Å². The molecule has 1 aromatic carbocycles. The van der Waals surface area contributed by atoms with Crippen molar-refractivity contribution in [3.05, 3.63) is 30.3 Å². The minimum atomic E-state index is -4.00. The number of halogens is 2. The van der Waals surface area contributed by atoms with Gasteiger partial charge in [0.1, 0.15) is 6.04 Å². The molecular formula is C13H15F2N3O4S. The quantitative estimate of drug-likeness (QED) is 0.756. The first-order valence-corrected chi connectivity index (χ1v) is 7.84. The standard InChI is InChI=1S/C7H9F2N3O.C6H6O3S/c8-7(9)1-5(2-10)12(4-7)6(13)3-11;7-10(8,9)6-4-2-1-3-5-6/h5H,1,3-4,11H2;1-5H,(H,7,8,9)/t5-;/m0./s1. The average Bonchev–Trinajstić information content (AvgIpc) is 2.82. The number of carbonyl (C=O) groups is 1. The minimum Gasteiger partial charge on any atom is -0.322 e. The fourth-order valence-corrected chi connectivity index (χ4v) is 2.41. The van der Waals surface area contributed by atoms with Gasteiger partial charge in [0, 0.05) is 6.42 Å². The number of alkyl halides is 2. The summed E-state index contributed by atoms with van der Waals surface area (Å²) in [6, 6.07) is 8.04. The van der Waals surface area contributed by atoms with E-state index in [9.17, 15) is 22.0 Å². The normalized spacial score (nSPS) is 19.4. The second-order valence-electron chi connectivity index (χ2n) is 4.72. The second-order valence-corrected chi connectivity index (χ2v) is 6.14. The maximum atomic E-state index is 12.7. The van der Waals surface area contributed by atoms with E-state index in [-0.39, 0.29) is 11.4 Å². The van der Waals surface area contributed by atoms with E-state index in [1.165, 1.54) is 12.1 Å². The molecule has 1 heterocycles. The number of carbonyl (C=O) groups excluding carboxylic acids is 1. The molecule has 1 fully saturated rings. The Hall–Kier alpha value is -2.09. The number of nitrogens with zero attached hydrogens (tertiary/aromatic N) is 2. The number of likely N-dealkylation sites (tertiary alicyclic amines) is 1. The lowest BCUT2D eigenvalue weighted by molar-refractivity contribution is -0.130. The molecule has 1 aromatic rings. The van der Waals surface area contributed by atoms with Crippen LogP contribution >= 0.6 is 0 Å². The fraction of sp³-hybridized carbons (Fsp3) is 0.385. The molecule has 1 aliphatic heterocycles. The fourth-order valence-electron chi connectivity index (χ4n) is 1.90. The molecule has 10 heteroatoms. The maximum Gasteiger partial charge on any atom is 0.294 e. The van der Waals surface area contributed by atoms with Crippen molar-refractivity contribution in [2.24, 2.45) is 5.73 Å². The molecule has 7 nitrogen and oxygen atoms in total. The molecule has 0 unspecified atom stereocenters. The second kappa shape index (κ2) is 7.45. The van der Waals surface area contributed by atoms with Gasteiger partial charge in [-0.3, -0.25) is 9.35 Å². The van der Waals surface area contributed by atoms with Gasteiger partial charge in [-0.1, -0.05) is 18.2 Å². The van der Waals surface area contributed by atoms with E-state index in [1.54, 1.807) is 24.3 Å². The third kappa shape index (κ3) is 5.55. The smallest absolute Gasteiger partial charge is 0.294 e. The van der Waals surface area contributed by atoms with Crippen LogP contribution in [0.5, 0.6) is 0 Å². The van der Waals surface area contributed by atoms with E-state index in [1.807, 2.05) is 0 Å². The van der Waals surface area contributed by atoms with Crippen LogP contribution in [0.2, 0.25) is 0 Å². The predicted octanol–water partition coefficient (Wildman–Crippen LogP) is 0.638. The topological polar surface area (TPSA) is 124 Å². The highest BCUT2D eigenvalue weighted by atomic mass is 32.2. The van der Waals surface area contributed by atoms with Gasteiger partial charge >= 0.3 is 0 Å². The molecule has 23 heavy (non-hydrogen) atoms. The molecule has 0 spiro atoms. The number of rotatable bonds is 2. The largest absolute Gasteiger partial charge is 0.322 e. The maximum absolute atomic E-state index is 12.7. The van der Waals surface area contributed by atoms with Crippen LogP contribution in [0.3, 0.4) is 0 Å². The van der Waals surface area contributed by atoms with Crippen molar-refractivity contribution < 1.29 is 26.5 Å². The van der Waals surface area contributed by atoms with Crippen LogP contribution in [0.1, 0.15) is 6.42 Å². The van der Waals surface area contributed by atoms with Crippen LogP contribution in [-0.2, 0) is 14.9 Å². The molecule has 1 aliphatic rings. The van der Waals surface area contributed by atoms with Crippen LogP contribution in [0.15, 0.2) is 35.2 Å². The van der Waals surface area contributed by atoms with E-state index in [0.717, 1.165) is 4.90 Å². The summed E-state index contributed by atoms with van der Waals surface area (Å²) in [4.78, 5) is 11.7. The lowest BCUT2D eigenvalue weighted by Crippen LogP contribution is -2.39. The Morgan fingerprint density at radius 1 is 1.43 bits per heavy atom. The molecule has 0 radical (unpaired) electrons. The summed E-state index contributed by atoms with van der Waals surface area (Å²) >= 11 is 0. The first-order valence-electron chi connectivity index (χ1n) is 6.40. The van der Waals surface area contributed by atoms with Crippen molar-refractivity contribution in [1.29, 1.82) is 5.26 Å². The summed E-state index contributed by atoms with van der Waals surface area (Å²) in [5, 5.41) is 8.50. The highest BCUT2D eigenvalue weighted by Gasteiger charge is 2.46. The van der Waals surface area contributed by atoms with Crippen molar-refractivity contribution in [2.45, 2.75) is 23.3 Å². The molecule has 0 bridgehead atoms. The van der Waals surface area contributed by atoms with Crippen molar-refractivity contribution in [3.8, 4) is 6.07 Å². The SMILES string of the molecule is N#C[C@@H]1CC(F)(F)CN1C(=O)CN.O=S(=O)(O)c1ccccc1. The van der Waals surface area contributed by atoms with Gasteiger partial charge < -0.3 is 10.6 Å². The lowest BCUT2D eigenvalue weighted by Gasteiger charge is -2.17. The lowest BCUT2D eigenvalue weighted by atomic mass is 10.2. The zero-order chi connectivity index (χ0) is 17.7. The Bertz CT molecular complexity index is 689. The highest BCUT2D eigenvalue weighted by molar-refractivity contribution is 7.85. The molecule has 126 valence electrons. The zero-order valence-electron chi connectivity index (χ0n) is 11.9. The molecule has 1 amide bonds. The Balaban J connectivity index is 0.000000238. The van der Waals surface area contributed by atoms with Crippen molar-refractivity contribution in [2.75, 3.05) is 13.1 Å². The Morgan fingerprint density at radius 3 is 2.39 bits per heavy atom. The number of hydrogen-bond acceptors (Lipinski definition) is 5. The van der Waals surface area contributed by atoms with Gasteiger partial charge in [0.05, 0.1) is 24.1 Å². The summed E-state index contributed by atoms with van der Waals surface area (Å²) in [6.07, 6.45) is -0.588. The van der Waals surface area contributed by atoms with Crippen LogP contribution < -0.4 is 5.73 Å². The minimum absolute atomic E-state index is 0.0741. The molecule has 1 saturated heterocycles.